The third-order valence-electron chi connectivity index (χ3n) is 14.2. The molecule has 81 heavy (non-hydrogen) atoms. The Morgan fingerprint density at radius 2 is 1.21 bits per heavy atom. The van der Waals surface area contributed by atoms with E-state index in [1.807, 2.05) is 109 Å². The Kier molecular flexibility index (Phi) is 18.0. The van der Waals surface area contributed by atoms with Crippen molar-refractivity contribution in [3.8, 4) is 50.5 Å². The number of H-pyrrole nitrogens is 2. The molecule has 4 aromatic heterocycles. The molecular formula is C65H71N9O7. The van der Waals surface area contributed by atoms with Crippen LogP contribution in [0.15, 0.2) is 135 Å². The predicted molar refractivity (Wildman–Crippen MR) is 322 cm³/mol. The smallest absolute Gasteiger partial charge is 0.339 e. The van der Waals surface area contributed by atoms with E-state index >= 15 is 0 Å². The van der Waals surface area contributed by atoms with Crippen molar-refractivity contribution in [1.29, 1.82) is 0 Å². The van der Waals surface area contributed by atoms with E-state index in [1.165, 1.54) is 24.5 Å². The van der Waals surface area contributed by atoms with Crippen molar-refractivity contribution in [3.05, 3.63) is 163 Å². The molecule has 9 rings (SSSR count). The van der Waals surface area contributed by atoms with Crippen molar-refractivity contribution >= 4 is 57.2 Å². The van der Waals surface area contributed by atoms with Crippen LogP contribution in [-0.4, -0.2) is 131 Å². The standard InChI is InChI=1S/C65H71N9O7/c1-10-56(75)68-54-35-45(20-19-42(54)7)58-52-33-49(64(77)80-40(3)4)37-66-62(52)70-60(58)47-16-12-15-43(31-47)39-74-28-26-73(27-29-74)25-23-44-21-22-46(36-55(44)69-57(76)11-2)59-53-34-50(65(78)81-41(5)6)38-67-63(53)71-61(59)48-17-13-18-51(32-48)79-30-14-24-72(8)9/h10-13,15-22,31-38,40-41H,1-2,14,23-30,39H2,3-9H3,(H,66,70)(H,67,71)(H,68,75)(H,69,76). The number of aryl methyl sites for hydroxylation is 1. The lowest BCUT2D eigenvalue weighted by Gasteiger charge is -2.35. The van der Waals surface area contributed by atoms with Crippen LogP contribution in [0.2, 0.25) is 0 Å². The van der Waals surface area contributed by atoms with Crippen molar-refractivity contribution in [3.63, 3.8) is 0 Å². The first-order valence-corrected chi connectivity index (χ1v) is 27.5. The van der Waals surface area contributed by atoms with E-state index in [1.54, 1.807) is 0 Å². The fraction of sp³-hybridized carbons (Fsp3) is 0.292. The zero-order chi connectivity index (χ0) is 57.3. The number of piperazine rings is 1. The summed E-state index contributed by atoms with van der Waals surface area (Å²) in [5.41, 5.74) is 13.0. The molecule has 0 saturated carbocycles. The third-order valence-corrected chi connectivity index (χ3v) is 14.2. The van der Waals surface area contributed by atoms with Crippen LogP contribution in [0.1, 0.15) is 71.5 Å². The Morgan fingerprint density at radius 1 is 0.667 bits per heavy atom. The lowest BCUT2D eigenvalue weighted by molar-refractivity contribution is -0.112. The second kappa shape index (κ2) is 25.6. The monoisotopic (exact) mass is 1090 g/mol. The van der Waals surface area contributed by atoms with Crippen LogP contribution < -0.4 is 15.4 Å². The molecular weight excluding hydrogens is 1020 g/mol. The molecule has 0 aliphatic carbocycles. The summed E-state index contributed by atoms with van der Waals surface area (Å²) in [7, 11) is 4.09. The van der Waals surface area contributed by atoms with Gasteiger partial charge in [-0.3, -0.25) is 14.5 Å². The maximum absolute atomic E-state index is 13.2. The number of esters is 2. The highest BCUT2D eigenvalue weighted by atomic mass is 16.5. The second-order valence-electron chi connectivity index (χ2n) is 21.3. The topological polar surface area (TPSA) is 187 Å². The van der Waals surface area contributed by atoms with Gasteiger partial charge in [-0.1, -0.05) is 67.8 Å². The van der Waals surface area contributed by atoms with Gasteiger partial charge < -0.3 is 44.6 Å². The lowest BCUT2D eigenvalue weighted by atomic mass is 9.95. The Bertz CT molecular complexity index is 3640. The van der Waals surface area contributed by atoms with E-state index in [2.05, 4.69) is 84.9 Å². The summed E-state index contributed by atoms with van der Waals surface area (Å²) < 4.78 is 17.3. The number of pyridine rings is 2. The summed E-state index contributed by atoms with van der Waals surface area (Å²) >= 11 is 0. The molecule has 5 heterocycles. The summed E-state index contributed by atoms with van der Waals surface area (Å²) in [6, 6.07) is 32.1. The first-order chi connectivity index (χ1) is 39.0. The van der Waals surface area contributed by atoms with Crippen LogP contribution in [0.3, 0.4) is 0 Å². The van der Waals surface area contributed by atoms with Crippen molar-refractivity contribution in [2.24, 2.45) is 0 Å². The molecule has 1 aliphatic heterocycles. The summed E-state index contributed by atoms with van der Waals surface area (Å²) in [4.78, 5) is 75.5. The molecule has 1 aliphatic rings. The number of carbonyl (C=O) groups excluding carboxylic acids is 4. The van der Waals surface area contributed by atoms with Crippen LogP contribution in [0.4, 0.5) is 11.4 Å². The van der Waals surface area contributed by atoms with Gasteiger partial charge in [-0.25, -0.2) is 19.6 Å². The third kappa shape index (κ3) is 13.8. The molecule has 1 saturated heterocycles. The number of anilines is 2. The molecule has 0 unspecified atom stereocenters. The quantitative estimate of drug-likeness (QED) is 0.0286. The molecule has 1 fully saturated rings. The van der Waals surface area contributed by atoms with E-state index < -0.39 is 11.9 Å². The van der Waals surface area contributed by atoms with Crippen molar-refractivity contribution in [2.45, 2.75) is 66.2 Å². The maximum Gasteiger partial charge on any atom is 0.339 e. The van der Waals surface area contributed by atoms with Crippen LogP contribution in [-0.2, 0) is 32.0 Å². The van der Waals surface area contributed by atoms with Gasteiger partial charge in [0.25, 0.3) is 0 Å². The van der Waals surface area contributed by atoms with Gasteiger partial charge in [-0.05, 0) is 150 Å². The number of fused-ring (bicyclic) bond motifs is 2. The van der Waals surface area contributed by atoms with Gasteiger partial charge in [0.05, 0.1) is 41.3 Å². The van der Waals surface area contributed by atoms with Gasteiger partial charge in [0, 0.05) is 97.0 Å². The fourth-order valence-electron chi connectivity index (χ4n) is 10.2. The molecule has 16 heteroatoms. The minimum Gasteiger partial charge on any atom is -0.494 e. The van der Waals surface area contributed by atoms with Crippen LogP contribution >= 0.6 is 0 Å². The van der Waals surface area contributed by atoms with E-state index in [4.69, 9.17) is 24.2 Å². The summed E-state index contributed by atoms with van der Waals surface area (Å²) in [5.74, 6) is -0.817. The Hall–Kier alpha value is -8.70. The molecule has 16 nitrogen and oxygen atoms in total. The van der Waals surface area contributed by atoms with E-state index in [9.17, 15) is 19.2 Å². The zero-order valence-corrected chi connectivity index (χ0v) is 47.3. The minimum atomic E-state index is -0.463. The highest BCUT2D eigenvalue weighted by molar-refractivity contribution is 6.08. The molecule has 0 bridgehead atoms. The number of hydrogen-bond acceptors (Lipinski definition) is 12. The SMILES string of the molecule is C=CC(=O)Nc1cc(-c2c(-c3cccc(CN4CCN(CCc5ccc(-c6c(-c7cccc(OCCCN(C)C)c7)[nH]c7ncc(C(=O)OC(C)C)cc67)cc5NC(=O)C=C)CC4)c3)[nH]c3ncc(C(=O)OC(C)C)cc23)ccc1C. The van der Waals surface area contributed by atoms with Gasteiger partial charge in [-0.2, -0.15) is 0 Å². The van der Waals surface area contributed by atoms with Gasteiger partial charge in [0.1, 0.15) is 17.0 Å². The van der Waals surface area contributed by atoms with Gasteiger partial charge in [0.2, 0.25) is 11.8 Å². The number of nitrogens with one attached hydrogen (secondary N) is 4. The largest absolute Gasteiger partial charge is 0.494 e. The number of ether oxygens (including phenoxy) is 3. The van der Waals surface area contributed by atoms with E-state index in [0.29, 0.717) is 46.8 Å². The van der Waals surface area contributed by atoms with Crippen molar-refractivity contribution < 1.29 is 33.4 Å². The van der Waals surface area contributed by atoms with Gasteiger partial charge in [-0.15, -0.1) is 0 Å². The first-order valence-electron chi connectivity index (χ1n) is 27.5. The van der Waals surface area contributed by atoms with Crippen LogP contribution in [0.25, 0.3) is 66.8 Å². The predicted octanol–water partition coefficient (Wildman–Crippen LogP) is 11.5. The lowest BCUT2D eigenvalue weighted by Crippen LogP contribution is -2.46. The average Bonchev–Trinajstić information content (AvgIpc) is 4.27. The fourth-order valence-corrected chi connectivity index (χ4v) is 10.2. The number of benzene rings is 4. The molecule has 0 radical (unpaired) electrons. The number of carbonyl (C=O) groups is 4. The Morgan fingerprint density at radius 3 is 1.79 bits per heavy atom. The number of nitrogens with zero attached hydrogens (tertiary/aromatic N) is 5. The number of aromatic amines is 2. The molecule has 2 amide bonds. The van der Waals surface area contributed by atoms with E-state index in [0.717, 1.165) is 130 Å². The molecule has 4 aromatic carbocycles. The normalized spacial score (nSPS) is 13.0. The molecule has 418 valence electrons. The molecule has 0 spiro atoms. The summed E-state index contributed by atoms with van der Waals surface area (Å²) in [6.45, 7) is 23.0. The molecule has 4 N–H and O–H groups in total. The Balaban J connectivity index is 0.938. The summed E-state index contributed by atoms with van der Waals surface area (Å²) in [5, 5.41) is 7.52. The first kappa shape index (κ1) is 57.0. The van der Waals surface area contributed by atoms with Crippen LogP contribution in [0, 0.1) is 6.92 Å². The van der Waals surface area contributed by atoms with Crippen LogP contribution in [0.5, 0.6) is 5.75 Å². The Labute approximate surface area is 473 Å². The van der Waals surface area contributed by atoms with E-state index in [-0.39, 0.29) is 24.0 Å². The average molecular weight is 1090 g/mol. The highest BCUT2D eigenvalue weighted by Gasteiger charge is 2.24. The number of rotatable bonds is 22. The second-order valence-corrected chi connectivity index (χ2v) is 21.3. The maximum atomic E-state index is 13.2. The van der Waals surface area contributed by atoms with Crippen molar-refractivity contribution in [1.82, 2.24) is 34.6 Å². The van der Waals surface area contributed by atoms with Gasteiger partial charge in [0.15, 0.2) is 0 Å². The molecule has 8 aromatic rings. The van der Waals surface area contributed by atoms with Gasteiger partial charge >= 0.3 is 11.9 Å². The summed E-state index contributed by atoms with van der Waals surface area (Å²) in [6.07, 6.45) is 6.54. The van der Waals surface area contributed by atoms with Crippen molar-refractivity contribution in [2.75, 3.05) is 70.6 Å². The minimum absolute atomic E-state index is 0.295. The molecule has 0 atom stereocenters. The number of amides is 2. The number of aromatic nitrogens is 4. The highest BCUT2D eigenvalue weighted by Crippen LogP contribution is 2.42. The number of hydrogen-bond donors (Lipinski definition) is 4. The zero-order valence-electron chi connectivity index (χ0n) is 47.3.